The highest BCUT2D eigenvalue weighted by molar-refractivity contribution is 9.10. The number of halogens is 1. The van der Waals surface area contributed by atoms with Crippen molar-refractivity contribution in [2.45, 2.75) is 26.3 Å². The lowest BCUT2D eigenvalue weighted by molar-refractivity contribution is -0.123. The Hall–Kier alpha value is -1.55. The molecule has 0 saturated carbocycles. The molecule has 1 amide bonds. The van der Waals surface area contributed by atoms with Crippen LogP contribution < -0.4 is 10.1 Å². The zero-order valence-corrected chi connectivity index (χ0v) is 13.2. The highest BCUT2D eigenvalue weighted by atomic mass is 79.9. The minimum absolute atomic E-state index is 0.0480. The molecule has 106 valence electrons. The lowest BCUT2D eigenvalue weighted by Crippen LogP contribution is -2.35. The Morgan fingerprint density at radius 2 is 1.95 bits per heavy atom. The molecule has 2 aromatic rings. The fourth-order valence-corrected chi connectivity index (χ4v) is 2.23. The van der Waals surface area contributed by atoms with Crippen LogP contribution in [0.1, 0.15) is 20.3 Å². The lowest BCUT2D eigenvalue weighted by atomic mass is 10.1. The first kappa shape index (κ1) is 14.9. The van der Waals surface area contributed by atoms with Gasteiger partial charge in [-0.05, 0) is 48.4 Å². The number of fused-ring (bicyclic) bond motifs is 1. The quantitative estimate of drug-likeness (QED) is 0.899. The first-order chi connectivity index (χ1) is 9.58. The standard InChI is InChI=1S/C16H18BrNO2/c1-3-11(2)18-16(19)10-20-15-7-5-12-8-14(17)6-4-13(12)9-15/h4-9,11H,3,10H2,1-2H3,(H,18,19)/t11-/m0/s1. The molecule has 1 atom stereocenters. The molecule has 0 heterocycles. The number of carbonyl (C=O) groups is 1. The molecule has 0 saturated heterocycles. The third-order valence-corrected chi connectivity index (χ3v) is 3.66. The first-order valence-electron chi connectivity index (χ1n) is 6.70. The summed E-state index contributed by atoms with van der Waals surface area (Å²) in [6.45, 7) is 4.06. The Morgan fingerprint density at radius 1 is 1.25 bits per heavy atom. The van der Waals surface area contributed by atoms with E-state index in [1.54, 1.807) is 0 Å². The predicted molar refractivity (Wildman–Crippen MR) is 85.0 cm³/mol. The highest BCUT2D eigenvalue weighted by Crippen LogP contribution is 2.24. The van der Waals surface area contributed by atoms with Crippen molar-refractivity contribution in [3.63, 3.8) is 0 Å². The number of nitrogens with one attached hydrogen (secondary N) is 1. The molecule has 0 unspecified atom stereocenters. The average Bonchev–Trinajstić information content (AvgIpc) is 2.44. The van der Waals surface area contributed by atoms with Crippen molar-refractivity contribution >= 4 is 32.6 Å². The van der Waals surface area contributed by atoms with E-state index in [-0.39, 0.29) is 18.6 Å². The molecule has 20 heavy (non-hydrogen) atoms. The van der Waals surface area contributed by atoms with Gasteiger partial charge in [0.2, 0.25) is 0 Å². The lowest BCUT2D eigenvalue weighted by Gasteiger charge is -2.12. The normalized spacial score (nSPS) is 12.2. The van der Waals surface area contributed by atoms with Crippen molar-refractivity contribution < 1.29 is 9.53 Å². The van der Waals surface area contributed by atoms with E-state index in [1.807, 2.05) is 44.2 Å². The van der Waals surface area contributed by atoms with Gasteiger partial charge in [-0.3, -0.25) is 4.79 Å². The van der Waals surface area contributed by atoms with E-state index >= 15 is 0 Å². The van der Waals surface area contributed by atoms with Crippen molar-refractivity contribution in [1.29, 1.82) is 0 Å². The topological polar surface area (TPSA) is 38.3 Å². The van der Waals surface area contributed by atoms with E-state index in [1.165, 1.54) is 0 Å². The molecule has 0 aromatic heterocycles. The number of hydrogen-bond donors (Lipinski definition) is 1. The number of hydrogen-bond acceptors (Lipinski definition) is 2. The fraction of sp³-hybridized carbons (Fsp3) is 0.312. The molecule has 0 aliphatic rings. The Labute approximate surface area is 127 Å². The maximum atomic E-state index is 11.7. The Morgan fingerprint density at radius 3 is 2.70 bits per heavy atom. The van der Waals surface area contributed by atoms with Crippen LogP contribution in [0.2, 0.25) is 0 Å². The summed E-state index contributed by atoms with van der Waals surface area (Å²) in [5, 5.41) is 5.10. The van der Waals surface area contributed by atoms with Gasteiger partial charge in [0.1, 0.15) is 5.75 Å². The molecular formula is C16H18BrNO2. The number of carbonyl (C=O) groups excluding carboxylic acids is 1. The minimum Gasteiger partial charge on any atom is -0.484 e. The highest BCUT2D eigenvalue weighted by Gasteiger charge is 2.06. The van der Waals surface area contributed by atoms with Crippen LogP contribution in [0.5, 0.6) is 5.75 Å². The van der Waals surface area contributed by atoms with Gasteiger partial charge in [0.05, 0.1) is 0 Å². The van der Waals surface area contributed by atoms with E-state index in [9.17, 15) is 4.79 Å². The van der Waals surface area contributed by atoms with Crippen LogP contribution in [-0.2, 0) is 4.79 Å². The summed E-state index contributed by atoms with van der Waals surface area (Å²) < 4.78 is 6.58. The third kappa shape index (κ3) is 3.97. The van der Waals surface area contributed by atoms with Gasteiger partial charge in [-0.2, -0.15) is 0 Å². The van der Waals surface area contributed by atoms with Gasteiger partial charge in [-0.1, -0.05) is 35.0 Å². The zero-order chi connectivity index (χ0) is 14.5. The van der Waals surface area contributed by atoms with Crippen LogP contribution in [0.25, 0.3) is 10.8 Å². The monoisotopic (exact) mass is 335 g/mol. The molecule has 4 heteroatoms. The zero-order valence-electron chi connectivity index (χ0n) is 11.7. The van der Waals surface area contributed by atoms with Crippen molar-refractivity contribution in [1.82, 2.24) is 5.32 Å². The summed E-state index contributed by atoms with van der Waals surface area (Å²) in [4.78, 5) is 11.7. The van der Waals surface area contributed by atoms with E-state index in [0.29, 0.717) is 5.75 Å². The van der Waals surface area contributed by atoms with Crippen molar-refractivity contribution in [2.75, 3.05) is 6.61 Å². The van der Waals surface area contributed by atoms with Crippen LogP contribution >= 0.6 is 15.9 Å². The molecule has 2 aromatic carbocycles. The number of benzene rings is 2. The van der Waals surface area contributed by atoms with Crippen LogP contribution in [0, 0.1) is 0 Å². The van der Waals surface area contributed by atoms with Crippen LogP contribution in [0.4, 0.5) is 0 Å². The molecule has 3 nitrogen and oxygen atoms in total. The average molecular weight is 336 g/mol. The van der Waals surface area contributed by atoms with Crippen LogP contribution in [0.15, 0.2) is 40.9 Å². The Bertz CT molecular complexity index is 612. The molecule has 0 aliphatic carbocycles. The van der Waals surface area contributed by atoms with Crippen molar-refractivity contribution in [3.05, 3.63) is 40.9 Å². The number of rotatable bonds is 5. The molecule has 0 radical (unpaired) electrons. The summed E-state index contributed by atoms with van der Waals surface area (Å²) in [7, 11) is 0. The van der Waals surface area contributed by atoms with Crippen LogP contribution in [0.3, 0.4) is 0 Å². The molecule has 0 aliphatic heterocycles. The van der Waals surface area contributed by atoms with Gasteiger partial charge in [-0.25, -0.2) is 0 Å². The van der Waals surface area contributed by atoms with Gasteiger partial charge in [-0.15, -0.1) is 0 Å². The van der Waals surface area contributed by atoms with Crippen molar-refractivity contribution in [2.24, 2.45) is 0 Å². The van der Waals surface area contributed by atoms with Crippen molar-refractivity contribution in [3.8, 4) is 5.75 Å². The summed E-state index contributed by atoms with van der Waals surface area (Å²) >= 11 is 3.45. The molecule has 0 bridgehead atoms. The van der Waals surface area contributed by atoms with Gasteiger partial charge in [0, 0.05) is 10.5 Å². The molecular weight excluding hydrogens is 318 g/mol. The third-order valence-electron chi connectivity index (χ3n) is 3.16. The van der Waals surface area contributed by atoms with Gasteiger partial charge < -0.3 is 10.1 Å². The predicted octanol–water partition coefficient (Wildman–Crippen LogP) is 3.90. The first-order valence-corrected chi connectivity index (χ1v) is 7.49. The number of amides is 1. The minimum atomic E-state index is -0.0877. The smallest absolute Gasteiger partial charge is 0.258 e. The Kier molecular flexibility index (Phi) is 5.01. The second-order valence-electron chi connectivity index (χ2n) is 4.82. The molecule has 0 spiro atoms. The largest absolute Gasteiger partial charge is 0.484 e. The molecule has 2 rings (SSSR count). The summed E-state index contributed by atoms with van der Waals surface area (Å²) in [5.74, 6) is 0.620. The summed E-state index contributed by atoms with van der Waals surface area (Å²) in [5.41, 5.74) is 0. The van der Waals surface area contributed by atoms with Gasteiger partial charge in [0.25, 0.3) is 5.91 Å². The fourth-order valence-electron chi connectivity index (χ4n) is 1.85. The van der Waals surface area contributed by atoms with Gasteiger partial charge >= 0.3 is 0 Å². The summed E-state index contributed by atoms with van der Waals surface area (Å²) in [6.07, 6.45) is 0.913. The van der Waals surface area contributed by atoms with E-state index in [0.717, 1.165) is 21.7 Å². The molecule has 1 N–H and O–H groups in total. The van der Waals surface area contributed by atoms with Gasteiger partial charge in [0.15, 0.2) is 6.61 Å². The Balaban J connectivity index is 2.00. The summed E-state index contributed by atoms with van der Waals surface area (Å²) in [6, 6.07) is 12.0. The second kappa shape index (κ2) is 6.75. The SMILES string of the molecule is CC[C@H](C)NC(=O)COc1ccc2cc(Br)ccc2c1. The van der Waals surface area contributed by atoms with E-state index in [2.05, 4.69) is 27.3 Å². The maximum Gasteiger partial charge on any atom is 0.258 e. The number of ether oxygens (including phenoxy) is 1. The second-order valence-corrected chi connectivity index (χ2v) is 5.73. The van der Waals surface area contributed by atoms with Crippen LogP contribution in [-0.4, -0.2) is 18.6 Å². The molecule has 0 fully saturated rings. The van der Waals surface area contributed by atoms with E-state index in [4.69, 9.17) is 4.74 Å². The van der Waals surface area contributed by atoms with E-state index < -0.39 is 0 Å². The maximum absolute atomic E-state index is 11.7.